The molecule has 0 bridgehead atoms. The summed E-state index contributed by atoms with van der Waals surface area (Å²) in [5.74, 6) is 0.154. The number of hydrogen-bond acceptors (Lipinski definition) is 4. The van der Waals surface area contributed by atoms with E-state index in [0.717, 1.165) is 11.1 Å². The molecule has 1 heterocycles. The molecule has 0 radical (unpaired) electrons. The van der Waals surface area contributed by atoms with E-state index in [4.69, 9.17) is 9.15 Å². The normalized spacial score (nSPS) is 10.5. The average molecular weight is 362 g/mol. The molecule has 2 amide bonds. The van der Waals surface area contributed by atoms with Gasteiger partial charge >= 0.3 is 0 Å². The molecule has 1 aromatic heterocycles. The zero-order valence-electron chi connectivity index (χ0n) is 14.4. The minimum absolute atomic E-state index is 0.215. The molecule has 0 fully saturated rings. The van der Waals surface area contributed by atoms with Gasteiger partial charge in [0.1, 0.15) is 11.5 Å². The van der Waals surface area contributed by atoms with E-state index in [-0.39, 0.29) is 6.61 Å². The molecule has 0 unspecified atom stereocenters. The predicted molar refractivity (Wildman–Crippen MR) is 101 cm³/mol. The van der Waals surface area contributed by atoms with Crippen LogP contribution in [0, 0.1) is 0 Å². The second-order valence-electron chi connectivity index (χ2n) is 5.57. The van der Waals surface area contributed by atoms with E-state index in [1.165, 1.54) is 18.4 Å². The number of rotatable bonds is 6. The van der Waals surface area contributed by atoms with E-state index in [2.05, 4.69) is 10.9 Å². The van der Waals surface area contributed by atoms with Crippen molar-refractivity contribution in [3.8, 4) is 16.9 Å². The van der Waals surface area contributed by atoms with Crippen LogP contribution in [0.4, 0.5) is 0 Å². The van der Waals surface area contributed by atoms with Crippen molar-refractivity contribution in [3.05, 3.63) is 84.8 Å². The minimum Gasteiger partial charge on any atom is -0.484 e. The molecule has 0 aliphatic rings. The molecule has 2 N–H and O–H groups in total. The lowest BCUT2D eigenvalue weighted by molar-refractivity contribution is -0.128. The van der Waals surface area contributed by atoms with Crippen molar-refractivity contribution >= 4 is 17.9 Å². The van der Waals surface area contributed by atoms with Gasteiger partial charge in [-0.3, -0.25) is 20.4 Å². The van der Waals surface area contributed by atoms with Crippen LogP contribution in [0.3, 0.4) is 0 Å². The van der Waals surface area contributed by atoms with E-state index >= 15 is 0 Å². The first-order valence-corrected chi connectivity index (χ1v) is 8.29. The number of benzene rings is 2. The van der Waals surface area contributed by atoms with Gasteiger partial charge in [-0.15, -0.1) is 0 Å². The smallest absolute Gasteiger partial charge is 0.276 e. The highest BCUT2D eigenvalue weighted by Gasteiger charge is 2.04. The molecule has 0 spiro atoms. The van der Waals surface area contributed by atoms with Crippen molar-refractivity contribution in [1.82, 2.24) is 10.9 Å². The monoisotopic (exact) mass is 362 g/mol. The molecule has 6 heteroatoms. The minimum atomic E-state index is -0.480. The molecule has 3 rings (SSSR count). The summed E-state index contributed by atoms with van der Waals surface area (Å²) < 4.78 is 10.5. The third-order valence-electron chi connectivity index (χ3n) is 3.60. The third-order valence-corrected chi connectivity index (χ3v) is 3.60. The van der Waals surface area contributed by atoms with E-state index < -0.39 is 11.8 Å². The molecule has 0 aliphatic heterocycles. The van der Waals surface area contributed by atoms with Crippen LogP contribution in [0.25, 0.3) is 17.2 Å². The highest BCUT2D eigenvalue weighted by atomic mass is 16.5. The summed E-state index contributed by atoms with van der Waals surface area (Å²) in [6, 6.07) is 20.8. The highest BCUT2D eigenvalue weighted by Crippen LogP contribution is 2.21. The van der Waals surface area contributed by atoms with Crippen LogP contribution < -0.4 is 15.6 Å². The Kier molecular flexibility index (Phi) is 6.04. The van der Waals surface area contributed by atoms with Crippen LogP contribution in [-0.4, -0.2) is 18.4 Å². The average Bonchev–Trinajstić information content (AvgIpc) is 3.24. The Morgan fingerprint density at radius 2 is 1.63 bits per heavy atom. The maximum absolute atomic E-state index is 11.7. The Hall–Kier alpha value is -3.80. The van der Waals surface area contributed by atoms with Crippen molar-refractivity contribution < 1.29 is 18.7 Å². The second kappa shape index (κ2) is 9.05. The first kappa shape index (κ1) is 18.0. The van der Waals surface area contributed by atoms with Gasteiger partial charge < -0.3 is 9.15 Å². The van der Waals surface area contributed by atoms with Gasteiger partial charge in [0.05, 0.1) is 6.26 Å². The topological polar surface area (TPSA) is 80.6 Å². The predicted octanol–water partition coefficient (Wildman–Crippen LogP) is 3.19. The summed E-state index contributed by atoms with van der Waals surface area (Å²) in [6.07, 6.45) is 4.25. The van der Waals surface area contributed by atoms with Gasteiger partial charge in [-0.25, -0.2) is 0 Å². The molecule has 0 saturated heterocycles. The van der Waals surface area contributed by atoms with E-state index in [9.17, 15) is 9.59 Å². The first-order chi connectivity index (χ1) is 13.2. The summed E-state index contributed by atoms with van der Waals surface area (Å²) in [5, 5.41) is 0. The molecule has 3 aromatic rings. The number of nitrogens with one attached hydrogen (secondary N) is 2. The van der Waals surface area contributed by atoms with Crippen molar-refractivity contribution in [3.63, 3.8) is 0 Å². The second-order valence-corrected chi connectivity index (χ2v) is 5.57. The molecule has 27 heavy (non-hydrogen) atoms. The molecule has 0 atom stereocenters. The number of carbonyl (C=O) groups excluding carboxylic acids is 2. The lowest BCUT2D eigenvalue weighted by Gasteiger charge is -2.08. The van der Waals surface area contributed by atoms with Gasteiger partial charge in [-0.05, 0) is 41.5 Å². The van der Waals surface area contributed by atoms with Gasteiger partial charge in [0.15, 0.2) is 6.61 Å². The van der Waals surface area contributed by atoms with Crippen LogP contribution in [-0.2, 0) is 9.59 Å². The first-order valence-electron chi connectivity index (χ1n) is 8.29. The summed E-state index contributed by atoms with van der Waals surface area (Å²) in [7, 11) is 0. The van der Waals surface area contributed by atoms with Crippen LogP contribution in [0.15, 0.2) is 83.5 Å². The van der Waals surface area contributed by atoms with Gasteiger partial charge in [0.2, 0.25) is 0 Å². The number of hydrogen-bond donors (Lipinski definition) is 2. The maximum atomic E-state index is 11.7. The molecular formula is C21H18N2O4. The molecule has 0 aliphatic carbocycles. The fourth-order valence-corrected chi connectivity index (χ4v) is 2.28. The lowest BCUT2D eigenvalue weighted by Crippen LogP contribution is -2.43. The maximum Gasteiger partial charge on any atom is 0.276 e. The van der Waals surface area contributed by atoms with Gasteiger partial charge in [0, 0.05) is 6.08 Å². The Morgan fingerprint density at radius 3 is 2.33 bits per heavy atom. The summed E-state index contributed by atoms with van der Waals surface area (Å²) in [4.78, 5) is 23.3. The molecule has 136 valence electrons. The lowest BCUT2D eigenvalue weighted by atomic mass is 10.1. The number of furan rings is 1. The van der Waals surface area contributed by atoms with Gasteiger partial charge in [0.25, 0.3) is 11.8 Å². The number of ether oxygens (including phenoxy) is 1. The fourth-order valence-electron chi connectivity index (χ4n) is 2.28. The molecule has 2 aromatic carbocycles. The summed E-state index contributed by atoms with van der Waals surface area (Å²) in [6.45, 7) is -0.215. The Labute approximate surface area is 156 Å². The molecule has 0 saturated carbocycles. The zero-order valence-corrected chi connectivity index (χ0v) is 14.4. The summed E-state index contributed by atoms with van der Waals surface area (Å²) in [5.41, 5.74) is 6.70. The van der Waals surface area contributed by atoms with Gasteiger partial charge in [-0.1, -0.05) is 42.5 Å². The Bertz CT molecular complexity index is 901. The Morgan fingerprint density at radius 1 is 0.889 bits per heavy atom. The Balaban J connectivity index is 1.42. The van der Waals surface area contributed by atoms with Crippen molar-refractivity contribution in [2.45, 2.75) is 0 Å². The van der Waals surface area contributed by atoms with E-state index in [1.807, 2.05) is 42.5 Å². The summed E-state index contributed by atoms with van der Waals surface area (Å²) >= 11 is 0. The van der Waals surface area contributed by atoms with Crippen LogP contribution in [0.5, 0.6) is 5.75 Å². The largest absolute Gasteiger partial charge is 0.484 e. The number of carbonyl (C=O) groups is 2. The van der Waals surface area contributed by atoms with Gasteiger partial charge in [-0.2, -0.15) is 0 Å². The molecule has 6 nitrogen and oxygen atoms in total. The zero-order chi connectivity index (χ0) is 18.9. The van der Waals surface area contributed by atoms with Crippen molar-refractivity contribution in [1.29, 1.82) is 0 Å². The van der Waals surface area contributed by atoms with Crippen molar-refractivity contribution in [2.24, 2.45) is 0 Å². The third kappa shape index (κ3) is 5.61. The van der Waals surface area contributed by atoms with Crippen LogP contribution in [0.2, 0.25) is 0 Å². The number of hydrazine groups is 1. The van der Waals surface area contributed by atoms with E-state index in [1.54, 1.807) is 24.3 Å². The fraction of sp³-hybridized carbons (Fsp3) is 0.0476. The molecular weight excluding hydrogens is 344 g/mol. The number of amides is 2. The highest BCUT2D eigenvalue weighted by molar-refractivity contribution is 5.92. The standard InChI is InChI=1S/C21H18N2O4/c24-20(13-12-18-7-4-14-26-18)22-23-21(25)15-27-19-10-8-17(9-11-19)16-5-2-1-3-6-16/h1-14H,15H2,(H,22,24)(H,23,25)/b13-12+. The quantitative estimate of drug-likeness (QED) is 0.521. The van der Waals surface area contributed by atoms with Crippen LogP contribution in [0.1, 0.15) is 5.76 Å². The van der Waals surface area contributed by atoms with E-state index in [0.29, 0.717) is 11.5 Å². The van der Waals surface area contributed by atoms with Crippen LogP contribution >= 0.6 is 0 Å². The van der Waals surface area contributed by atoms with Crippen molar-refractivity contribution in [2.75, 3.05) is 6.61 Å². The SMILES string of the molecule is O=C(/C=C/c1ccco1)NNC(=O)COc1ccc(-c2ccccc2)cc1.